The Bertz CT molecular complexity index is 1450. The second kappa shape index (κ2) is 12.0. The average molecular weight is 544 g/mol. The Balaban J connectivity index is 1.33. The van der Waals surface area contributed by atoms with Gasteiger partial charge in [-0.1, -0.05) is 30.3 Å². The summed E-state index contributed by atoms with van der Waals surface area (Å²) in [4.78, 5) is 35.6. The van der Waals surface area contributed by atoms with E-state index in [4.69, 9.17) is 4.84 Å². The third kappa shape index (κ3) is 6.07. The monoisotopic (exact) mass is 543 g/mol. The fraction of sp³-hybridized carbons (Fsp3) is 0.290. The summed E-state index contributed by atoms with van der Waals surface area (Å²) >= 11 is 0. The lowest BCUT2D eigenvalue weighted by molar-refractivity contribution is -0.110. The Kier molecular flexibility index (Phi) is 8.25. The highest BCUT2D eigenvalue weighted by Gasteiger charge is 2.29. The molecule has 0 bridgehead atoms. The minimum atomic E-state index is -0.703. The molecule has 0 radical (unpaired) electrons. The van der Waals surface area contributed by atoms with Crippen LogP contribution in [0.15, 0.2) is 60.7 Å². The fourth-order valence-electron chi connectivity index (χ4n) is 4.90. The molecule has 0 unspecified atom stereocenters. The van der Waals surface area contributed by atoms with Crippen molar-refractivity contribution in [3.8, 4) is 0 Å². The summed E-state index contributed by atoms with van der Waals surface area (Å²) in [5.41, 5.74) is 8.07. The van der Waals surface area contributed by atoms with E-state index >= 15 is 4.39 Å². The number of aryl methyl sites for hydroxylation is 2. The molecule has 8 nitrogen and oxygen atoms in total. The zero-order valence-corrected chi connectivity index (χ0v) is 23.0. The van der Waals surface area contributed by atoms with E-state index in [9.17, 15) is 9.59 Å². The van der Waals surface area contributed by atoms with Crippen molar-refractivity contribution in [2.75, 3.05) is 57.0 Å². The number of likely N-dealkylation sites (N-methyl/N-ethyl adjacent to an activating group) is 1. The Labute approximate surface area is 233 Å². The van der Waals surface area contributed by atoms with Gasteiger partial charge in [-0.3, -0.25) is 19.3 Å². The van der Waals surface area contributed by atoms with Gasteiger partial charge in [0.2, 0.25) is 0 Å². The lowest BCUT2D eigenvalue weighted by Crippen LogP contribution is -2.45. The van der Waals surface area contributed by atoms with Crippen LogP contribution in [0.4, 0.5) is 15.8 Å². The van der Waals surface area contributed by atoms with Gasteiger partial charge in [0.25, 0.3) is 11.8 Å². The average Bonchev–Trinajstić information content (AvgIpc) is 3.25. The Morgan fingerprint density at radius 1 is 1.00 bits per heavy atom. The van der Waals surface area contributed by atoms with Gasteiger partial charge in [-0.15, -0.1) is 0 Å². The molecule has 1 fully saturated rings. The molecule has 40 heavy (non-hydrogen) atoms. The van der Waals surface area contributed by atoms with E-state index in [1.807, 2.05) is 56.3 Å². The molecule has 0 aliphatic carbocycles. The van der Waals surface area contributed by atoms with Gasteiger partial charge in [-0.25, -0.2) is 9.87 Å². The molecule has 2 aliphatic heterocycles. The predicted octanol–water partition coefficient (Wildman–Crippen LogP) is 4.28. The molecular formula is C31H34FN5O3. The summed E-state index contributed by atoms with van der Waals surface area (Å²) in [7, 11) is 2.09. The Hall–Kier alpha value is -4.05. The highest BCUT2D eigenvalue weighted by molar-refractivity contribution is 6.37. The van der Waals surface area contributed by atoms with E-state index < -0.39 is 11.7 Å². The molecule has 5 rings (SSSR count). The van der Waals surface area contributed by atoms with Crippen LogP contribution < -0.4 is 16.1 Å². The number of hydrogen-bond donors (Lipinski definition) is 3. The Morgan fingerprint density at radius 3 is 2.45 bits per heavy atom. The van der Waals surface area contributed by atoms with Crippen LogP contribution in [0, 0.1) is 19.7 Å². The third-order valence-corrected chi connectivity index (χ3v) is 7.44. The molecule has 3 N–H and O–H groups in total. The highest BCUT2D eigenvalue weighted by atomic mass is 19.1. The zero-order chi connectivity index (χ0) is 28.2. The zero-order valence-electron chi connectivity index (χ0n) is 23.0. The molecule has 2 heterocycles. The van der Waals surface area contributed by atoms with E-state index in [-0.39, 0.29) is 11.5 Å². The largest absolute Gasteiger partial charge is 0.354 e. The van der Waals surface area contributed by atoms with Crippen molar-refractivity contribution in [1.82, 2.24) is 15.3 Å². The van der Waals surface area contributed by atoms with E-state index in [1.165, 1.54) is 12.1 Å². The molecule has 0 saturated carbocycles. The summed E-state index contributed by atoms with van der Waals surface area (Å²) in [6, 6.07) is 17.6. The van der Waals surface area contributed by atoms with Crippen molar-refractivity contribution in [2.24, 2.45) is 0 Å². The molecular weight excluding hydrogens is 509 g/mol. The normalized spacial score (nSPS) is 16.9. The van der Waals surface area contributed by atoms with Gasteiger partial charge in [-0.2, -0.15) is 0 Å². The molecule has 1 saturated heterocycles. The quantitative estimate of drug-likeness (QED) is 0.223. The van der Waals surface area contributed by atoms with Crippen LogP contribution in [0.5, 0.6) is 0 Å². The van der Waals surface area contributed by atoms with Gasteiger partial charge < -0.3 is 15.5 Å². The molecule has 2 aliphatic rings. The van der Waals surface area contributed by atoms with Crippen LogP contribution in [0.25, 0.3) is 11.3 Å². The van der Waals surface area contributed by atoms with Crippen LogP contribution in [0.3, 0.4) is 0 Å². The molecule has 3 aromatic rings. The maximum Gasteiger partial charge on any atom is 0.277 e. The van der Waals surface area contributed by atoms with Gasteiger partial charge in [0.1, 0.15) is 5.82 Å². The van der Waals surface area contributed by atoms with E-state index in [1.54, 1.807) is 6.07 Å². The molecule has 0 spiro atoms. The molecule has 2 amide bonds. The number of carbonyl (C=O) groups is 2. The summed E-state index contributed by atoms with van der Waals surface area (Å²) < 4.78 is 15.1. The number of piperazine rings is 1. The van der Waals surface area contributed by atoms with Crippen LogP contribution >= 0.6 is 0 Å². The molecule has 0 atom stereocenters. The minimum Gasteiger partial charge on any atom is -0.354 e. The number of carbonyl (C=O) groups excluding carboxylic acids is 2. The lowest BCUT2D eigenvalue weighted by atomic mass is 9.97. The van der Waals surface area contributed by atoms with Crippen LogP contribution in [-0.2, 0) is 9.63 Å². The maximum absolute atomic E-state index is 15.1. The van der Waals surface area contributed by atoms with Crippen molar-refractivity contribution in [2.45, 2.75) is 13.8 Å². The lowest BCUT2D eigenvalue weighted by Gasteiger charge is -2.32. The number of anilines is 2. The van der Waals surface area contributed by atoms with Crippen LogP contribution in [0.2, 0.25) is 0 Å². The third-order valence-electron chi connectivity index (χ3n) is 7.44. The smallest absolute Gasteiger partial charge is 0.277 e. The fourth-order valence-corrected chi connectivity index (χ4v) is 4.90. The van der Waals surface area contributed by atoms with Crippen molar-refractivity contribution in [3.05, 3.63) is 94.3 Å². The van der Waals surface area contributed by atoms with Gasteiger partial charge in [0.15, 0.2) is 0 Å². The van der Waals surface area contributed by atoms with Crippen LogP contribution in [-0.4, -0.2) is 68.0 Å². The topological polar surface area (TPSA) is 85.9 Å². The number of fused-ring (bicyclic) bond motifs is 1. The Morgan fingerprint density at radius 2 is 1.73 bits per heavy atom. The minimum absolute atomic E-state index is 0.130. The number of rotatable bonds is 8. The van der Waals surface area contributed by atoms with E-state index in [0.717, 1.165) is 54.1 Å². The number of nitrogens with one attached hydrogen (secondary N) is 3. The number of halogens is 1. The van der Waals surface area contributed by atoms with Crippen molar-refractivity contribution < 1.29 is 18.8 Å². The summed E-state index contributed by atoms with van der Waals surface area (Å²) in [6.45, 7) is 8.89. The first-order valence-corrected chi connectivity index (χ1v) is 13.4. The number of benzene rings is 3. The predicted molar refractivity (Wildman–Crippen MR) is 155 cm³/mol. The van der Waals surface area contributed by atoms with Crippen molar-refractivity contribution >= 4 is 34.5 Å². The number of amides is 2. The van der Waals surface area contributed by atoms with Gasteiger partial charge in [0, 0.05) is 49.7 Å². The highest BCUT2D eigenvalue weighted by Crippen LogP contribution is 2.39. The first-order valence-electron chi connectivity index (χ1n) is 13.4. The summed E-state index contributed by atoms with van der Waals surface area (Å²) in [5, 5.41) is 6.20. The summed E-state index contributed by atoms with van der Waals surface area (Å²) in [6.07, 6.45) is 0. The van der Waals surface area contributed by atoms with Gasteiger partial charge in [0.05, 0.1) is 23.4 Å². The number of hydrogen-bond acceptors (Lipinski definition) is 6. The first kappa shape index (κ1) is 27.5. The second-order valence-electron chi connectivity index (χ2n) is 10.3. The standard InChI is InChI=1S/C31H34FN5O3/c1-20-17-25-27(18-21(20)2)34-31(39)28(25)29(22-7-5-4-6-8-22)33-23-9-10-24(26(32)19-23)30(38)35-40-16-15-37-13-11-36(3)12-14-37/h4-10,17-19,33H,11-16H2,1-3H3,(H,34,39)(H,35,38)/b29-28-. The van der Waals surface area contributed by atoms with Gasteiger partial charge >= 0.3 is 0 Å². The second-order valence-corrected chi connectivity index (χ2v) is 10.3. The number of nitrogens with zero attached hydrogens (tertiary/aromatic N) is 2. The SMILES string of the molecule is Cc1cc2c(cc1C)/C(=C(/Nc1ccc(C(=O)NOCCN3CCN(C)CC3)c(F)c1)c1ccccc1)C(=O)N2. The molecule has 208 valence electrons. The molecule has 0 aromatic heterocycles. The van der Waals surface area contributed by atoms with Crippen LogP contribution in [0.1, 0.15) is 32.6 Å². The van der Waals surface area contributed by atoms with E-state index in [0.29, 0.717) is 30.1 Å². The molecule has 3 aromatic carbocycles. The van der Waals surface area contributed by atoms with E-state index in [2.05, 4.69) is 33.0 Å². The maximum atomic E-state index is 15.1. The summed E-state index contributed by atoms with van der Waals surface area (Å²) in [5.74, 6) is -1.60. The van der Waals surface area contributed by atoms with Crippen molar-refractivity contribution in [1.29, 1.82) is 0 Å². The van der Waals surface area contributed by atoms with Gasteiger partial charge in [-0.05, 0) is 67.9 Å². The first-order chi connectivity index (χ1) is 19.3. The number of hydroxylamine groups is 1. The van der Waals surface area contributed by atoms with Crippen molar-refractivity contribution in [3.63, 3.8) is 0 Å². The molecule has 9 heteroatoms.